The lowest BCUT2D eigenvalue weighted by Gasteiger charge is -2.35. The van der Waals surface area contributed by atoms with Crippen molar-refractivity contribution in [3.63, 3.8) is 0 Å². The molecule has 1 saturated heterocycles. The fourth-order valence-electron chi connectivity index (χ4n) is 4.05. The van der Waals surface area contributed by atoms with Crippen LogP contribution in [-0.2, 0) is 16.1 Å². The van der Waals surface area contributed by atoms with Gasteiger partial charge < -0.3 is 15.3 Å². The first-order chi connectivity index (χ1) is 14.9. The minimum atomic E-state index is -0.291. The Morgan fingerprint density at radius 2 is 1.81 bits per heavy atom. The van der Waals surface area contributed by atoms with E-state index in [1.807, 2.05) is 0 Å². The first-order valence-electron chi connectivity index (χ1n) is 10.4. The summed E-state index contributed by atoms with van der Waals surface area (Å²) in [6, 6.07) is 11.2. The van der Waals surface area contributed by atoms with Crippen LogP contribution in [0.15, 0.2) is 42.5 Å². The molecular formula is C23H25ClFN3O3. The topological polar surface area (TPSA) is 72.9 Å². The quantitative estimate of drug-likeness (QED) is 0.717. The molecule has 1 aliphatic heterocycles. The van der Waals surface area contributed by atoms with Crippen LogP contribution in [0.5, 0.6) is 5.75 Å². The second-order valence-electron chi connectivity index (χ2n) is 8.15. The van der Waals surface area contributed by atoms with Crippen molar-refractivity contribution in [2.75, 3.05) is 32.7 Å². The highest BCUT2D eigenvalue weighted by molar-refractivity contribution is 6.30. The predicted molar refractivity (Wildman–Crippen MR) is 115 cm³/mol. The van der Waals surface area contributed by atoms with Crippen molar-refractivity contribution in [1.29, 1.82) is 0 Å². The molecule has 164 valence electrons. The molecule has 2 unspecified atom stereocenters. The summed E-state index contributed by atoms with van der Waals surface area (Å²) in [4.78, 5) is 28.8. The fourth-order valence-corrected chi connectivity index (χ4v) is 4.24. The number of carbonyl (C=O) groups is 2. The lowest BCUT2D eigenvalue weighted by Crippen LogP contribution is -2.51. The van der Waals surface area contributed by atoms with Crippen LogP contribution in [0.2, 0.25) is 5.02 Å². The van der Waals surface area contributed by atoms with Crippen LogP contribution >= 0.6 is 11.6 Å². The summed E-state index contributed by atoms with van der Waals surface area (Å²) in [5.74, 6) is -0.358. The van der Waals surface area contributed by atoms with E-state index in [0.717, 1.165) is 17.5 Å². The summed E-state index contributed by atoms with van der Waals surface area (Å²) in [7, 11) is 0. The molecule has 1 saturated carbocycles. The van der Waals surface area contributed by atoms with Crippen molar-refractivity contribution in [3.05, 3.63) is 64.4 Å². The zero-order chi connectivity index (χ0) is 22.0. The van der Waals surface area contributed by atoms with Crippen LogP contribution in [0.3, 0.4) is 0 Å². The smallest absolute Gasteiger partial charge is 0.242 e. The van der Waals surface area contributed by atoms with Gasteiger partial charge in [-0.15, -0.1) is 0 Å². The Morgan fingerprint density at radius 3 is 2.52 bits per heavy atom. The lowest BCUT2D eigenvalue weighted by molar-refractivity contribution is -0.134. The molecule has 6 nitrogen and oxygen atoms in total. The monoisotopic (exact) mass is 445 g/mol. The second-order valence-corrected chi connectivity index (χ2v) is 8.58. The summed E-state index contributed by atoms with van der Waals surface area (Å²) in [6.07, 6.45) is 0.723. The van der Waals surface area contributed by atoms with Crippen molar-refractivity contribution >= 4 is 23.4 Å². The molecule has 1 aliphatic carbocycles. The van der Waals surface area contributed by atoms with Crippen LogP contribution in [0.4, 0.5) is 4.39 Å². The van der Waals surface area contributed by atoms with Gasteiger partial charge in [-0.3, -0.25) is 14.5 Å². The molecule has 2 aromatic rings. The van der Waals surface area contributed by atoms with E-state index < -0.39 is 0 Å². The Balaban J connectivity index is 1.19. The largest absolute Gasteiger partial charge is 0.508 e. The molecule has 2 atom stereocenters. The van der Waals surface area contributed by atoms with Crippen molar-refractivity contribution in [1.82, 2.24) is 15.1 Å². The first-order valence-corrected chi connectivity index (χ1v) is 10.8. The number of nitrogens with one attached hydrogen (secondary N) is 1. The Morgan fingerprint density at radius 1 is 1.10 bits per heavy atom. The van der Waals surface area contributed by atoms with Crippen molar-refractivity contribution in [2.45, 2.75) is 18.9 Å². The number of phenols is 1. The third kappa shape index (κ3) is 5.35. The average Bonchev–Trinajstić information content (AvgIpc) is 3.56. The number of hydrogen-bond acceptors (Lipinski definition) is 4. The molecule has 4 rings (SSSR count). The second kappa shape index (κ2) is 9.24. The van der Waals surface area contributed by atoms with Crippen molar-refractivity contribution in [2.24, 2.45) is 5.92 Å². The Hall–Kier alpha value is -2.64. The third-order valence-corrected chi connectivity index (χ3v) is 6.23. The summed E-state index contributed by atoms with van der Waals surface area (Å²) < 4.78 is 13.0. The van der Waals surface area contributed by atoms with Gasteiger partial charge in [0.15, 0.2) is 0 Å². The van der Waals surface area contributed by atoms with Gasteiger partial charge in [0, 0.05) is 49.2 Å². The zero-order valence-corrected chi connectivity index (χ0v) is 17.8. The van der Waals surface area contributed by atoms with Crippen LogP contribution in [0, 0.1) is 11.7 Å². The number of piperazine rings is 1. The SMILES string of the molecule is O=C(NCC(=O)N1CCN(Cc2cc(Cl)ccc2O)CC1)C1CC1c1ccc(F)cc1. The number of nitrogens with zero attached hydrogens (tertiary/aromatic N) is 2. The number of rotatable bonds is 6. The van der Waals surface area contributed by atoms with Gasteiger partial charge in [0.05, 0.1) is 6.54 Å². The Labute approximate surface area is 185 Å². The summed E-state index contributed by atoms with van der Waals surface area (Å²) in [6.45, 7) is 3.05. The van der Waals surface area contributed by atoms with Crippen LogP contribution in [-0.4, -0.2) is 59.4 Å². The number of halogens is 2. The minimum absolute atomic E-state index is 0.0133. The van der Waals surface area contributed by atoms with E-state index >= 15 is 0 Å². The van der Waals surface area contributed by atoms with Crippen molar-refractivity contribution < 1.29 is 19.1 Å². The van der Waals surface area contributed by atoms with E-state index in [2.05, 4.69) is 10.2 Å². The number of carbonyl (C=O) groups excluding carboxylic acids is 2. The van der Waals surface area contributed by atoms with E-state index in [0.29, 0.717) is 37.7 Å². The normalized spacial score (nSPS) is 21.0. The molecule has 2 amide bonds. The number of amides is 2. The van der Waals surface area contributed by atoms with Gasteiger partial charge in [0.1, 0.15) is 11.6 Å². The number of hydrogen-bond donors (Lipinski definition) is 2. The van der Waals surface area contributed by atoms with Gasteiger partial charge in [0.2, 0.25) is 11.8 Å². The minimum Gasteiger partial charge on any atom is -0.508 e. The van der Waals surface area contributed by atoms with E-state index in [1.165, 1.54) is 12.1 Å². The predicted octanol–water partition coefficient (Wildman–Crippen LogP) is 2.75. The highest BCUT2D eigenvalue weighted by Crippen LogP contribution is 2.47. The molecule has 2 aromatic carbocycles. The highest BCUT2D eigenvalue weighted by Gasteiger charge is 2.44. The summed E-state index contributed by atoms with van der Waals surface area (Å²) in [5.41, 5.74) is 1.72. The van der Waals surface area contributed by atoms with E-state index in [4.69, 9.17) is 11.6 Å². The molecule has 0 bridgehead atoms. The molecule has 2 fully saturated rings. The van der Waals surface area contributed by atoms with Gasteiger partial charge in [0.25, 0.3) is 0 Å². The van der Waals surface area contributed by atoms with Crippen LogP contribution < -0.4 is 5.32 Å². The number of benzene rings is 2. The molecule has 8 heteroatoms. The number of aromatic hydroxyl groups is 1. The van der Waals surface area contributed by atoms with E-state index in [9.17, 15) is 19.1 Å². The van der Waals surface area contributed by atoms with Crippen molar-refractivity contribution in [3.8, 4) is 5.75 Å². The zero-order valence-electron chi connectivity index (χ0n) is 17.1. The number of phenolic OH excluding ortho intramolecular Hbond substituents is 1. The molecule has 0 radical (unpaired) electrons. The first kappa shape index (κ1) is 21.6. The molecule has 1 heterocycles. The van der Waals surface area contributed by atoms with E-state index in [-0.39, 0.29) is 41.8 Å². The molecule has 2 aliphatic rings. The Kier molecular flexibility index (Phi) is 6.43. The van der Waals surface area contributed by atoms with E-state index in [1.54, 1.807) is 35.2 Å². The maximum Gasteiger partial charge on any atom is 0.242 e. The van der Waals surface area contributed by atoms with Gasteiger partial charge in [-0.25, -0.2) is 4.39 Å². The average molecular weight is 446 g/mol. The molecular weight excluding hydrogens is 421 g/mol. The molecule has 0 spiro atoms. The Bertz CT molecular complexity index is 961. The maximum absolute atomic E-state index is 13.0. The van der Waals surface area contributed by atoms with Gasteiger partial charge in [-0.2, -0.15) is 0 Å². The standard InChI is InChI=1S/C23H25ClFN3O3/c24-17-3-6-21(29)16(11-17)14-27-7-9-28(10-8-27)22(30)13-26-23(31)20-12-19(20)15-1-4-18(25)5-2-15/h1-6,11,19-20,29H,7-10,12-14H2,(H,26,31). The van der Waals surface area contributed by atoms with Gasteiger partial charge in [-0.1, -0.05) is 23.7 Å². The molecule has 31 heavy (non-hydrogen) atoms. The third-order valence-electron chi connectivity index (χ3n) is 6.00. The van der Waals surface area contributed by atoms with Crippen LogP contribution in [0.1, 0.15) is 23.5 Å². The van der Waals surface area contributed by atoms with Gasteiger partial charge >= 0.3 is 0 Å². The fraction of sp³-hybridized carbons (Fsp3) is 0.391. The van der Waals surface area contributed by atoms with Gasteiger partial charge in [-0.05, 0) is 48.2 Å². The maximum atomic E-state index is 13.0. The molecule has 0 aromatic heterocycles. The highest BCUT2D eigenvalue weighted by atomic mass is 35.5. The van der Waals surface area contributed by atoms with Crippen LogP contribution in [0.25, 0.3) is 0 Å². The summed E-state index contributed by atoms with van der Waals surface area (Å²) in [5, 5.41) is 13.3. The molecule has 2 N–H and O–H groups in total. The summed E-state index contributed by atoms with van der Waals surface area (Å²) >= 11 is 6.00. The lowest BCUT2D eigenvalue weighted by atomic mass is 10.1.